The monoisotopic (exact) mass is 403 g/mol. The quantitative estimate of drug-likeness (QED) is 0.660. The first-order chi connectivity index (χ1) is 13.1. The lowest BCUT2D eigenvalue weighted by atomic mass is 10.2. The van der Waals surface area contributed by atoms with Crippen molar-refractivity contribution >= 4 is 20.9 Å². The molecule has 1 N–H and O–H groups in total. The van der Waals surface area contributed by atoms with E-state index < -0.39 is 26.8 Å². The van der Waals surface area contributed by atoms with Crippen molar-refractivity contribution in [3.8, 4) is 0 Å². The van der Waals surface area contributed by atoms with Crippen LogP contribution in [0.25, 0.3) is 10.9 Å². The molecule has 1 aliphatic carbocycles. The van der Waals surface area contributed by atoms with Crippen LogP contribution in [0.15, 0.2) is 45.1 Å². The highest BCUT2D eigenvalue weighted by Gasteiger charge is 2.41. The lowest BCUT2D eigenvalue weighted by molar-refractivity contribution is 0.558. The molecule has 4 rings (SSSR count). The van der Waals surface area contributed by atoms with E-state index in [0.717, 1.165) is 17.4 Å². The van der Waals surface area contributed by atoms with Crippen LogP contribution >= 0.6 is 0 Å². The summed E-state index contributed by atoms with van der Waals surface area (Å²) in [5, 5.41) is 4.22. The number of aromatic nitrogens is 4. The van der Waals surface area contributed by atoms with Gasteiger partial charge in [0.15, 0.2) is 0 Å². The molecule has 0 aliphatic heterocycles. The average molecular weight is 403 g/mol. The van der Waals surface area contributed by atoms with Crippen molar-refractivity contribution in [1.82, 2.24) is 23.6 Å². The van der Waals surface area contributed by atoms with Crippen LogP contribution in [-0.4, -0.2) is 32.9 Å². The number of hydrogen-bond donors (Lipinski definition) is 1. The number of fused-ring (bicyclic) bond motifs is 1. The summed E-state index contributed by atoms with van der Waals surface area (Å²) in [4.78, 5) is 25.7. The minimum Gasteiger partial charge on any atom is -0.296 e. The molecule has 3 aromatic rings. The van der Waals surface area contributed by atoms with Gasteiger partial charge in [0.1, 0.15) is 0 Å². The molecule has 0 unspecified atom stereocenters. The summed E-state index contributed by atoms with van der Waals surface area (Å²) in [5.41, 5.74) is -0.336. The van der Waals surface area contributed by atoms with E-state index in [1.807, 2.05) is 6.92 Å². The summed E-state index contributed by atoms with van der Waals surface area (Å²) in [6.07, 6.45) is 4.87. The van der Waals surface area contributed by atoms with Crippen LogP contribution in [0.5, 0.6) is 0 Å². The normalized spacial score (nSPS) is 15.8. The van der Waals surface area contributed by atoms with Crippen molar-refractivity contribution in [3.05, 3.63) is 57.0 Å². The molecule has 0 radical (unpaired) electrons. The van der Waals surface area contributed by atoms with Crippen LogP contribution in [0.4, 0.5) is 0 Å². The molecule has 1 aromatic carbocycles. The fraction of sp³-hybridized carbons (Fsp3) is 0.389. The summed E-state index contributed by atoms with van der Waals surface area (Å²) in [6.45, 7) is 1.90. The third-order valence-corrected chi connectivity index (χ3v) is 6.75. The third kappa shape index (κ3) is 3.18. The summed E-state index contributed by atoms with van der Waals surface area (Å²) in [5.74, 6) is 0. The van der Waals surface area contributed by atoms with Gasteiger partial charge in [-0.3, -0.25) is 18.6 Å². The second-order valence-corrected chi connectivity index (χ2v) is 9.28. The molecule has 2 aromatic heterocycles. The van der Waals surface area contributed by atoms with Crippen LogP contribution < -0.4 is 16.0 Å². The third-order valence-electron chi connectivity index (χ3n) is 5.11. The summed E-state index contributed by atoms with van der Waals surface area (Å²) < 4.78 is 32.0. The number of hydrogen-bond acceptors (Lipinski definition) is 5. The van der Waals surface area contributed by atoms with E-state index in [9.17, 15) is 18.0 Å². The van der Waals surface area contributed by atoms with E-state index in [1.165, 1.54) is 22.8 Å². The molecule has 0 amide bonds. The van der Waals surface area contributed by atoms with Crippen molar-refractivity contribution in [1.29, 1.82) is 0 Å². The second-order valence-electron chi connectivity index (χ2n) is 7.60. The van der Waals surface area contributed by atoms with Crippen molar-refractivity contribution in [2.45, 2.75) is 36.7 Å². The Balaban J connectivity index is 1.86. The standard InChI is InChI=1S/C18H21N5O4S/c1-18(6-7-18)20-28(26,27)13-4-5-15-14(8-13)16(24)23(17(25)22(15)3)11-12-9-19-21(2)10-12/h4-5,8-10,20H,6-7,11H2,1-3H3. The molecule has 0 spiro atoms. The van der Waals surface area contributed by atoms with Gasteiger partial charge in [0.25, 0.3) is 5.56 Å². The minimum atomic E-state index is -3.75. The highest BCUT2D eigenvalue weighted by Crippen LogP contribution is 2.36. The molecule has 1 aliphatic rings. The Morgan fingerprint density at radius 2 is 1.93 bits per heavy atom. The Morgan fingerprint density at radius 3 is 2.54 bits per heavy atom. The average Bonchev–Trinajstić information content (AvgIpc) is 3.20. The molecule has 2 heterocycles. The Hall–Kier alpha value is -2.72. The summed E-state index contributed by atoms with van der Waals surface area (Å²) >= 11 is 0. The molecule has 28 heavy (non-hydrogen) atoms. The fourth-order valence-electron chi connectivity index (χ4n) is 3.21. The first kappa shape index (κ1) is 18.6. The molecule has 10 heteroatoms. The molecule has 9 nitrogen and oxygen atoms in total. The van der Waals surface area contributed by atoms with Crippen LogP contribution in [-0.2, 0) is 30.7 Å². The molecule has 148 valence electrons. The van der Waals surface area contributed by atoms with Gasteiger partial charge in [-0.2, -0.15) is 5.10 Å². The predicted octanol–water partition coefficient (Wildman–Crippen LogP) is 0.313. The SMILES string of the molecule is Cn1cc(Cn2c(=O)c3cc(S(=O)(=O)NC4(C)CC4)ccc3n(C)c2=O)cn1. The van der Waals surface area contributed by atoms with Gasteiger partial charge in [-0.25, -0.2) is 17.9 Å². The van der Waals surface area contributed by atoms with Gasteiger partial charge >= 0.3 is 5.69 Å². The van der Waals surface area contributed by atoms with Gasteiger partial charge in [0.2, 0.25) is 10.0 Å². The minimum absolute atomic E-state index is 0.0109. The van der Waals surface area contributed by atoms with Crippen molar-refractivity contribution in [2.75, 3.05) is 0 Å². The zero-order valence-corrected chi connectivity index (χ0v) is 16.7. The molecule has 1 saturated carbocycles. The van der Waals surface area contributed by atoms with Crippen LogP contribution in [0.1, 0.15) is 25.3 Å². The van der Waals surface area contributed by atoms with Gasteiger partial charge in [0.05, 0.1) is 28.5 Å². The second kappa shape index (κ2) is 6.14. The van der Waals surface area contributed by atoms with Crippen LogP contribution in [0.2, 0.25) is 0 Å². The Bertz CT molecular complexity index is 1310. The van der Waals surface area contributed by atoms with Crippen LogP contribution in [0, 0.1) is 0 Å². The van der Waals surface area contributed by atoms with Crippen molar-refractivity contribution in [2.24, 2.45) is 14.1 Å². The lowest BCUT2D eigenvalue weighted by Gasteiger charge is -2.14. The number of aryl methyl sites for hydroxylation is 2. The number of sulfonamides is 1. The molecular weight excluding hydrogens is 382 g/mol. The van der Waals surface area contributed by atoms with E-state index in [4.69, 9.17) is 0 Å². The number of rotatable bonds is 5. The van der Waals surface area contributed by atoms with Gasteiger partial charge in [0, 0.05) is 31.4 Å². The van der Waals surface area contributed by atoms with Gasteiger partial charge in [-0.05, 0) is 38.0 Å². The Morgan fingerprint density at radius 1 is 1.21 bits per heavy atom. The van der Waals surface area contributed by atoms with E-state index in [2.05, 4.69) is 9.82 Å². The topological polar surface area (TPSA) is 108 Å². The smallest absolute Gasteiger partial charge is 0.296 e. The maximum atomic E-state index is 13.0. The van der Waals surface area contributed by atoms with Gasteiger partial charge < -0.3 is 0 Å². The number of nitrogens with one attached hydrogen (secondary N) is 1. The van der Waals surface area contributed by atoms with Crippen molar-refractivity contribution < 1.29 is 8.42 Å². The maximum absolute atomic E-state index is 13.0. The fourth-order valence-corrected chi connectivity index (χ4v) is 4.70. The van der Waals surface area contributed by atoms with Crippen LogP contribution in [0.3, 0.4) is 0 Å². The summed E-state index contributed by atoms with van der Waals surface area (Å²) in [6, 6.07) is 4.25. The zero-order chi connectivity index (χ0) is 20.3. The first-order valence-electron chi connectivity index (χ1n) is 8.85. The van der Waals surface area contributed by atoms with E-state index in [-0.39, 0.29) is 16.8 Å². The first-order valence-corrected chi connectivity index (χ1v) is 10.3. The molecule has 1 fully saturated rings. The zero-order valence-electron chi connectivity index (χ0n) is 15.8. The van der Waals surface area contributed by atoms with Crippen molar-refractivity contribution in [3.63, 3.8) is 0 Å². The predicted molar refractivity (Wildman–Crippen MR) is 104 cm³/mol. The Kier molecular flexibility index (Phi) is 4.09. The van der Waals surface area contributed by atoms with E-state index >= 15 is 0 Å². The highest BCUT2D eigenvalue weighted by atomic mass is 32.2. The number of benzene rings is 1. The molecular formula is C18H21N5O4S. The molecule has 0 atom stereocenters. The maximum Gasteiger partial charge on any atom is 0.331 e. The Labute approximate surface area is 161 Å². The molecule has 0 bridgehead atoms. The van der Waals surface area contributed by atoms with E-state index in [1.54, 1.807) is 31.2 Å². The van der Waals surface area contributed by atoms with Gasteiger partial charge in [-0.1, -0.05) is 0 Å². The number of nitrogens with zero attached hydrogens (tertiary/aromatic N) is 4. The highest BCUT2D eigenvalue weighted by molar-refractivity contribution is 7.89. The van der Waals surface area contributed by atoms with Gasteiger partial charge in [-0.15, -0.1) is 0 Å². The largest absolute Gasteiger partial charge is 0.331 e. The lowest BCUT2D eigenvalue weighted by Crippen LogP contribution is -2.39. The molecule has 0 saturated heterocycles. The summed E-state index contributed by atoms with van der Waals surface area (Å²) in [7, 11) is -0.452. The van der Waals surface area contributed by atoms with E-state index in [0.29, 0.717) is 11.1 Å².